The van der Waals surface area contributed by atoms with Crippen LogP contribution in [-0.4, -0.2) is 30.2 Å². The van der Waals surface area contributed by atoms with Gasteiger partial charge in [-0.3, -0.25) is 4.98 Å². The van der Waals surface area contributed by atoms with Crippen molar-refractivity contribution in [3.8, 4) is 17.0 Å². The second-order valence-corrected chi connectivity index (χ2v) is 7.60. The molecule has 3 rings (SSSR count). The summed E-state index contributed by atoms with van der Waals surface area (Å²) in [7, 11) is 2.70. The van der Waals surface area contributed by atoms with Gasteiger partial charge in [0.25, 0.3) is 0 Å². The molecule has 1 aromatic carbocycles. The summed E-state index contributed by atoms with van der Waals surface area (Å²) in [5, 5.41) is 3.29. The molecule has 162 valence electrons. The maximum absolute atomic E-state index is 14.7. The Bertz CT molecular complexity index is 1140. The summed E-state index contributed by atoms with van der Waals surface area (Å²) in [6, 6.07) is 7.69. The third kappa shape index (κ3) is 4.46. The first-order valence-corrected chi connectivity index (χ1v) is 10.0. The van der Waals surface area contributed by atoms with Gasteiger partial charge in [-0.1, -0.05) is 31.5 Å². The van der Waals surface area contributed by atoms with E-state index in [1.54, 1.807) is 12.3 Å². The minimum absolute atomic E-state index is 0.0846. The highest BCUT2D eigenvalue weighted by molar-refractivity contribution is 6.33. The molecule has 1 N–H and O–H groups in total. The van der Waals surface area contributed by atoms with Crippen LogP contribution in [0.3, 0.4) is 0 Å². The Balaban J connectivity index is 2.26. The number of pyridine rings is 2. The predicted octanol–water partition coefficient (Wildman–Crippen LogP) is 5.91. The van der Waals surface area contributed by atoms with Crippen molar-refractivity contribution in [2.75, 3.05) is 19.5 Å². The molecule has 0 bridgehead atoms. The van der Waals surface area contributed by atoms with E-state index >= 15 is 0 Å². The molecule has 0 radical (unpaired) electrons. The fourth-order valence-corrected chi connectivity index (χ4v) is 3.47. The molecule has 0 aliphatic carbocycles. The number of aromatic nitrogens is 2. The van der Waals surface area contributed by atoms with Crippen molar-refractivity contribution in [3.63, 3.8) is 0 Å². The Kier molecular flexibility index (Phi) is 6.75. The number of benzene rings is 1. The highest BCUT2D eigenvalue weighted by Crippen LogP contribution is 2.39. The fraction of sp³-hybridized carbons (Fsp3) is 0.261. The number of carbonyl (C=O) groups is 1. The minimum Gasteiger partial charge on any atom is -0.496 e. The van der Waals surface area contributed by atoms with Crippen LogP contribution in [0.5, 0.6) is 5.75 Å². The van der Waals surface area contributed by atoms with Crippen molar-refractivity contribution in [2.24, 2.45) is 0 Å². The first-order chi connectivity index (χ1) is 14.8. The molecule has 6 nitrogen and oxygen atoms in total. The van der Waals surface area contributed by atoms with Crippen LogP contribution < -0.4 is 10.1 Å². The van der Waals surface area contributed by atoms with E-state index in [-0.39, 0.29) is 39.3 Å². The van der Waals surface area contributed by atoms with E-state index in [9.17, 15) is 9.18 Å². The Morgan fingerprint density at radius 2 is 1.97 bits per heavy atom. The first-order valence-electron chi connectivity index (χ1n) is 9.62. The van der Waals surface area contributed by atoms with Crippen LogP contribution in [0.15, 0.2) is 36.5 Å². The number of nitrogens with one attached hydrogen (secondary N) is 1. The lowest BCUT2D eigenvalue weighted by atomic mass is 10.0. The quantitative estimate of drug-likeness (QED) is 0.477. The Morgan fingerprint density at radius 3 is 2.61 bits per heavy atom. The molecule has 0 aliphatic heterocycles. The van der Waals surface area contributed by atoms with E-state index in [0.29, 0.717) is 5.69 Å². The maximum Gasteiger partial charge on any atom is 0.341 e. The van der Waals surface area contributed by atoms with Crippen molar-refractivity contribution in [3.05, 3.63) is 64.2 Å². The zero-order valence-electron chi connectivity index (χ0n) is 17.9. The average Bonchev–Trinajstić information content (AvgIpc) is 2.75. The molecule has 8 heteroatoms. The summed E-state index contributed by atoms with van der Waals surface area (Å²) >= 11 is 6.42. The Morgan fingerprint density at radius 1 is 1.23 bits per heavy atom. The molecular formula is C23H23ClFN3O3. The number of nitrogens with zero attached hydrogens (tertiary/aromatic N) is 2. The van der Waals surface area contributed by atoms with Crippen LogP contribution in [0.25, 0.3) is 11.3 Å². The number of carbonyl (C=O) groups excluding carboxylic acids is 1. The van der Waals surface area contributed by atoms with E-state index < -0.39 is 11.8 Å². The highest BCUT2D eigenvalue weighted by Gasteiger charge is 2.23. The molecular weight excluding hydrogens is 421 g/mol. The molecule has 3 aromatic rings. The number of aryl methyl sites for hydroxylation is 1. The van der Waals surface area contributed by atoms with Gasteiger partial charge >= 0.3 is 5.97 Å². The van der Waals surface area contributed by atoms with Gasteiger partial charge in [0, 0.05) is 6.20 Å². The zero-order chi connectivity index (χ0) is 22.7. The molecule has 0 fully saturated rings. The number of anilines is 2. The number of ether oxygens (including phenoxy) is 2. The molecule has 0 atom stereocenters. The first kappa shape index (κ1) is 22.5. The van der Waals surface area contributed by atoms with Gasteiger partial charge in [0.2, 0.25) is 0 Å². The molecule has 0 unspecified atom stereocenters. The zero-order valence-corrected chi connectivity index (χ0v) is 18.7. The van der Waals surface area contributed by atoms with Gasteiger partial charge in [-0.2, -0.15) is 0 Å². The van der Waals surface area contributed by atoms with Gasteiger partial charge < -0.3 is 14.8 Å². The third-order valence-electron chi connectivity index (χ3n) is 4.79. The summed E-state index contributed by atoms with van der Waals surface area (Å²) < 4.78 is 24.9. The molecule has 2 heterocycles. The molecule has 0 aliphatic rings. The number of rotatable bonds is 6. The summed E-state index contributed by atoms with van der Waals surface area (Å²) in [5.41, 5.74) is 2.78. The third-order valence-corrected chi connectivity index (χ3v) is 5.08. The standard InChI is InChI=1S/C23H23ClFN3O3/c1-12(2)19-20(13(3)9-10-26-19)27-22-14(23(29)31-5)11-15(24)21(28-22)18-16(25)7-6-8-17(18)30-4/h6-12H,1-5H3,(H,27,28). The summed E-state index contributed by atoms with van der Waals surface area (Å²) in [6.07, 6.45) is 1.72. The summed E-state index contributed by atoms with van der Waals surface area (Å²) in [4.78, 5) is 21.4. The van der Waals surface area contributed by atoms with Crippen molar-refractivity contribution in [2.45, 2.75) is 26.7 Å². The van der Waals surface area contributed by atoms with Crippen molar-refractivity contribution >= 4 is 29.1 Å². The number of hydrogen-bond donors (Lipinski definition) is 1. The SMILES string of the molecule is COC(=O)c1cc(Cl)c(-c2c(F)cccc2OC)nc1Nc1c(C)ccnc1C(C)C. The molecule has 0 spiro atoms. The lowest BCUT2D eigenvalue weighted by molar-refractivity contribution is 0.0601. The second kappa shape index (κ2) is 9.31. The van der Waals surface area contributed by atoms with Gasteiger partial charge in [-0.15, -0.1) is 0 Å². The van der Waals surface area contributed by atoms with E-state index in [1.807, 2.05) is 26.8 Å². The van der Waals surface area contributed by atoms with E-state index in [4.69, 9.17) is 21.1 Å². The van der Waals surface area contributed by atoms with Gasteiger partial charge in [-0.05, 0) is 42.7 Å². The fourth-order valence-electron chi connectivity index (χ4n) is 3.23. The number of hydrogen-bond acceptors (Lipinski definition) is 6. The summed E-state index contributed by atoms with van der Waals surface area (Å²) in [6.45, 7) is 5.95. The van der Waals surface area contributed by atoms with Gasteiger partial charge in [0.15, 0.2) is 0 Å². The van der Waals surface area contributed by atoms with Gasteiger partial charge in [0.05, 0.1) is 41.9 Å². The largest absolute Gasteiger partial charge is 0.496 e. The van der Waals surface area contributed by atoms with Crippen LogP contribution in [0.1, 0.15) is 41.4 Å². The van der Waals surface area contributed by atoms with Crippen LogP contribution in [0.4, 0.5) is 15.9 Å². The maximum atomic E-state index is 14.7. The Labute approximate surface area is 185 Å². The molecule has 0 saturated heterocycles. The number of methoxy groups -OCH3 is 2. The molecule has 0 saturated carbocycles. The van der Waals surface area contributed by atoms with Crippen LogP contribution >= 0.6 is 11.6 Å². The molecule has 2 aromatic heterocycles. The van der Waals surface area contributed by atoms with Crippen LogP contribution in [0, 0.1) is 12.7 Å². The van der Waals surface area contributed by atoms with Gasteiger partial charge in [0.1, 0.15) is 22.9 Å². The van der Waals surface area contributed by atoms with Crippen molar-refractivity contribution in [1.82, 2.24) is 9.97 Å². The lowest BCUT2D eigenvalue weighted by Crippen LogP contribution is -2.11. The smallest absolute Gasteiger partial charge is 0.341 e. The number of esters is 1. The number of halogens is 2. The van der Waals surface area contributed by atoms with E-state index in [0.717, 1.165) is 11.3 Å². The van der Waals surface area contributed by atoms with Crippen molar-refractivity contribution < 1.29 is 18.7 Å². The predicted molar refractivity (Wildman–Crippen MR) is 119 cm³/mol. The second-order valence-electron chi connectivity index (χ2n) is 7.19. The topological polar surface area (TPSA) is 73.3 Å². The van der Waals surface area contributed by atoms with Crippen LogP contribution in [-0.2, 0) is 4.74 Å². The molecule has 0 amide bonds. The Hall–Kier alpha value is -3.19. The highest BCUT2D eigenvalue weighted by atomic mass is 35.5. The minimum atomic E-state index is -0.628. The van der Waals surface area contributed by atoms with Gasteiger partial charge in [-0.25, -0.2) is 14.2 Å². The van der Waals surface area contributed by atoms with Crippen molar-refractivity contribution in [1.29, 1.82) is 0 Å². The summed E-state index contributed by atoms with van der Waals surface area (Å²) in [5.74, 6) is -0.619. The normalized spacial score (nSPS) is 10.8. The van der Waals surface area contributed by atoms with E-state index in [1.165, 1.54) is 32.4 Å². The molecule has 31 heavy (non-hydrogen) atoms. The van der Waals surface area contributed by atoms with Crippen LogP contribution in [0.2, 0.25) is 5.02 Å². The average molecular weight is 444 g/mol. The monoisotopic (exact) mass is 443 g/mol. The van der Waals surface area contributed by atoms with E-state index in [2.05, 4.69) is 15.3 Å². The lowest BCUT2D eigenvalue weighted by Gasteiger charge is -2.19.